The first kappa shape index (κ1) is 22.4. The lowest BCUT2D eigenvalue weighted by Gasteiger charge is -2.30. The Morgan fingerprint density at radius 1 is 1.09 bits per heavy atom. The molecule has 3 aromatic rings. The van der Waals surface area contributed by atoms with E-state index in [9.17, 15) is 18.0 Å². The van der Waals surface area contributed by atoms with Gasteiger partial charge in [-0.15, -0.1) is 11.3 Å². The summed E-state index contributed by atoms with van der Waals surface area (Å²) in [5.41, 5.74) is 5.37. The molecular formula is C25H25F3N2OS. The van der Waals surface area contributed by atoms with Crippen LogP contribution in [-0.4, -0.2) is 12.5 Å². The predicted molar refractivity (Wildman–Crippen MR) is 123 cm³/mol. The quantitative estimate of drug-likeness (QED) is 0.472. The molecule has 1 N–H and O–H groups in total. The van der Waals surface area contributed by atoms with Crippen LogP contribution in [0.4, 0.5) is 24.5 Å². The van der Waals surface area contributed by atoms with Crippen molar-refractivity contribution in [2.24, 2.45) is 0 Å². The van der Waals surface area contributed by atoms with Crippen LogP contribution in [0.2, 0.25) is 0 Å². The Kier molecular flexibility index (Phi) is 6.29. The van der Waals surface area contributed by atoms with Crippen LogP contribution >= 0.6 is 11.3 Å². The zero-order valence-corrected chi connectivity index (χ0v) is 18.9. The average molecular weight is 459 g/mol. The van der Waals surface area contributed by atoms with Gasteiger partial charge in [0.25, 0.3) is 0 Å². The molecule has 0 saturated heterocycles. The Balaban J connectivity index is 1.38. The fraction of sp³-hybridized carbons (Fsp3) is 0.320. The first-order valence-electron chi connectivity index (χ1n) is 10.6. The summed E-state index contributed by atoms with van der Waals surface area (Å²) >= 11 is 1.82. The molecule has 1 amide bonds. The minimum absolute atomic E-state index is 0.148. The number of anilines is 2. The van der Waals surface area contributed by atoms with Gasteiger partial charge in [0.1, 0.15) is 0 Å². The number of alkyl halides is 3. The second-order valence-electron chi connectivity index (χ2n) is 8.24. The summed E-state index contributed by atoms with van der Waals surface area (Å²) in [6.07, 6.45) is -2.71. The lowest BCUT2D eigenvalue weighted by Crippen LogP contribution is -2.29. The van der Waals surface area contributed by atoms with Gasteiger partial charge >= 0.3 is 6.18 Å². The van der Waals surface area contributed by atoms with Crippen molar-refractivity contribution in [2.75, 3.05) is 16.8 Å². The number of nitrogens with one attached hydrogen (secondary N) is 1. The summed E-state index contributed by atoms with van der Waals surface area (Å²) in [5, 5.41) is 5.14. The Morgan fingerprint density at radius 2 is 1.78 bits per heavy atom. The van der Waals surface area contributed by atoms with Crippen LogP contribution in [0.3, 0.4) is 0 Å². The van der Waals surface area contributed by atoms with Crippen molar-refractivity contribution in [1.29, 1.82) is 0 Å². The molecule has 1 aromatic heterocycles. The third kappa shape index (κ3) is 4.99. The topological polar surface area (TPSA) is 32.3 Å². The van der Waals surface area contributed by atoms with Gasteiger partial charge in [-0.1, -0.05) is 12.1 Å². The zero-order chi connectivity index (χ0) is 22.9. The van der Waals surface area contributed by atoms with Crippen LogP contribution in [0.1, 0.15) is 39.1 Å². The van der Waals surface area contributed by atoms with Crippen molar-refractivity contribution >= 4 is 28.6 Å². The molecule has 0 bridgehead atoms. The maximum Gasteiger partial charge on any atom is 0.416 e. The second-order valence-corrected chi connectivity index (χ2v) is 9.24. The first-order valence-corrected chi connectivity index (χ1v) is 11.5. The maximum atomic E-state index is 12.7. The van der Waals surface area contributed by atoms with E-state index in [1.807, 2.05) is 25.2 Å². The fourth-order valence-electron chi connectivity index (χ4n) is 4.11. The summed E-state index contributed by atoms with van der Waals surface area (Å²) < 4.78 is 38.0. The van der Waals surface area contributed by atoms with Gasteiger partial charge in [0, 0.05) is 35.8 Å². The molecule has 0 fully saturated rings. The monoisotopic (exact) mass is 458 g/mol. The highest BCUT2D eigenvalue weighted by atomic mass is 32.1. The highest BCUT2D eigenvalue weighted by Crippen LogP contribution is 2.32. The first-order chi connectivity index (χ1) is 15.2. The predicted octanol–water partition coefficient (Wildman–Crippen LogP) is 6.52. The Labute approximate surface area is 189 Å². The van der Waals surface area contributed by atoms with Gasteiger partial charge in [0.2, 0.25) is 5.91 Å². The Morgan fingerprint density at radius 3 is 2.44 bits per heavy atom. The normalized spacial score (nSPS) is 13.7. The number of fused-ring (bicyclic) bond motifs is 1. The second kappa shape index (κ2) is 8.98. The highest BCUT2D eigenvalue weighted by molar-refractivity contribution is 7.10. The van der Waals surface area contributed by atoms with Crippen LogP contribution < -0.4 is 10.2 Å². The smallest absolute Gasteiger partial charge is 0.367 e. The molecule has 0 aliphatic carbocycles. The number of aryl methyl sites for hydroxylation is 3. The van der Waals surface area contributed by atoms with E-state index in [0.717, 1.165) is 54.1 Å². The zero-order valence-electron chi connectivity index (χ0n) is 18.1. The molecule has 0 saturated carbocycles. The lowest BCUT2D eigenvalue weighted by molar-refractivity contribution is -0.137. The largest absolute Gasteiger partial charge is 0.416 e. The van der Waals surface area contributed by atoms with Gasteiger partial charge in [-0.05, 0) is 84.7 Å². The molecule has 2 aromatic carbocycles. The van der Waals surface area contributed by atoms with Gasteiger partial charge < -0.3 is 10.2 Å². The lowest BCUT2D eigenvalue weighted by atomic mass is 10.0. The number of halogens is 3. The van der Waals surface area contributed by atoms with E-state index in [2.05, 4.69) is 33.8 Å². The third-order valence-electron chi connectivity index (χ3n) is 5.88. The molecule has 0 spiro atoms. The third-order valence-corrected chi connectivity index (χ3v) is 6.90. The number of thiophene rings is 1. The van der Waals surface area contributed by atoms with Crippen molar-refractivity contribution in [2.45, 2.75) is 45.8 Å². The van der Waals surface area contributed by atoms with Crippen molar-refractivity contribution in [3.63, 3.8) is 0 Å². The number of nitrogens with zero attached hydrogens (tertiary/aromatic N) is 1. The van der Waals surface area contributed by atoms with Crippen molar-refractivity contribution in [3.8, 4) is 0 Å². The highest BCUT2D eigenvalue weighted by Gasteiger charge is 2.29. The van der Waals surface area contributed by atoms with E-state index >= 15 is 0 Å². The Hall–Kier alpha value is -2.80. The number of amides is 1. The van der Waals surface area contributed by atoms with Crippen molar-refractivity contribution < 1.29 is 18.0 Å². The molecule has 0 atom stereocenters. The molecule has 168 valence electrons. The summed E-state index contributed by atoms with van der Waals surface area (Å²) in [6, 6.07) is 11.4. The van der Waals surface area contributed by atoms with E-state index < -0.39 is 11.7 Å². The molecule has 2 heterocycles. The average Bonchev–Trinajstić information content (AvgIpc) is 3.22. The SMILES string of the molecule is Cc1cc(N2CCc3sccc3C2)cc(C)c1NC(=O)CCc1ccc(C(F)(F)F)cc1. The molecule has 0 unspecified atom stereocenters. The minimum atomic E-state index is -4.35. The van der Waals surface area contributed by atoms with Gasteiger partial charge in [-0.2, -0.15) is 13.2 Å². The number of hydrogen-bond acceptors (Lipinski definition) is 3. The number of carbonyl (C=O) groups excluding carboxylic acids is 1. The van der Waals surface area contributed by atoms with Crippen LogP contribution in [0, 0.1) is 13.8 Å². The van der Waals surface area contributed by atoms with E-state index in [-0.39, 0.29) is 12.3 Å². The summed E-state index contributed by atoms with van der Waals surface area (Å²) in [7, 11) is 0. The molecule has 3 nitrogen and oxygen atoms in total. The molecule has 0 radical (unpaired) electrons. The summed E-state index contributed by atoms with van der Waals surface area (Å²) in [4.78, 5) is 16.3. The maximum absolute atomic E-state index is 12.7. The van der Waals surface area contributed by atoms with E-state index in [4.69, 9.17) is 0 Å². The number of hydrogen-bond donors (Lipinski definition) is 1. The van der Waals surface area contributed by atoms with Gasteiger partial charge in [0.15, 0.2) is 0 Å². The molecule has 32 heavy (non-hydrogen) atoms. The summed E-state index contributed by atoms with van der Waals surface area (Å²) in [6.45, 7) is 5.85. The molecule has 1 aliphatic heterocycles. The number of benzene rings is 2. The molecule has 4 rings (SSSR count). The summed E-state index contributed by atoms with van der Waals surface area (Å²) in [5.74, 6) is -0.148. The van der Waals surface area contributed by atoms with Crippen LogP contribution in [0.25, 0.3) is 0 Å². The van der Waals surface area contributed by atoms with Crippen LogP contribution in [0.5, 0.6) is 0 Å². The minimum Gasteiger partial charge on any atom is -0.367 e. The van der Waals surface area contributed by atoms with Gasteiger partial charge in [0.05, 0.1) is 5.56 Å². The van der Waals surface area contributed by atoms with Gasteiger partial charge in [-0.3, -0.25) is 4.79 Å². The number of carbonyl (C=O) groups is 1. The Bertz CT molecular complexity index is 1100. The van der Waals surface area contributed by atoms with Crippen LogP contribution in [0.15, 0.2) is 47.8 Å². The van der Waals surface area contributed by atoms with Crippen LogP contribution in [-0.2, 0) is 30.4 Å². The molecular weight excluding hydrogens is 433 g/mol. The van der Waals surface area contributed by atoms with Gasteiger partial charge in [-0.25, -0.2) is 0 Å². The standard InChI is InChI=1S/C25H25F3N2OS/c1-16-13-21(30-11-9-22-19(15-30)10-12-32-22)14-17(2)24(16)29-23(31)8-5-18-3-6-20(7-4-18)25(26,27)28/h3-4,6-7,10,12-14H,5,8-9,11,15H2,1-2H3,(H,29,31). The van der Waals surface area contributed by atoms with Crippen molar-refractivity contribution in [3.05, 3.63) is 80.5 Å². The van der Waals surface area contributed by atoms with E-state index in [1.165, 1.54) is 22.6 Å². The van der Waals surface area contributed by atoms with E-state index in [0.29, 0.717) is 12.0 Å². The fourth-order valence-corrected chi connectivity index (χ4v) is 5.00. The molecule has 7 heteroatoms. The van der Waals surface area contributed by atoms with Crippen molar-refractivity contribution in [1.82, 2.24) is 0 Å². The number of rotatable bonds is 5. The van der Waals surface area contributed by atoms with E-state index in [1.54, 1.807) is 0 Å². The molecule has 1 aliphatic rings.